The van der Waals surface area contributed by atoms with Crippen molar-refractivity contribution < 1.29 is 13.0 Å². The van der Waals surface area contributed by atoms with E-state index in [2.05, 4.69) is 19.7 Å². The van der Waals surface area contributed by atoms with Crippen molar-refractivity contribution in [3.8, 4) is 11.3 Å². The Morgan fingerprint density at radius 3 is 2.50 bits per heavy atom. The summed E-state index contributed by atoms with van der Waals surface area (Å²) in [6.45, 7) is 0. The molecule has 0 spiro atoms. The van der Waals surface area contributed by atoms with E-state index in [4.69, 9.17) is 0 Å². The summed E-state index contributed by atoms with van der Waals surface area (Å²) in [4.78, 5) is 0. The molecule has 0 saturated heterocycles. The Morgan fingerprint density at radius 1 is 1.19 bits per heavy atom. The van der Waals surface area contributed by atoms with E-state index in [9.17, 15) is 8.42 Å². The zero-order valence-electron chi connectivity index (χ0n) is 8.41. The summed E-state index contributed by atoms with van der Waals surface area (Å²) in [7, 11) is -2.35. The van der Waals surface area contributed by atoms with E-state index in [0.29, 0.717) is 5.56 Å². The molecule has 7 heteroatoms. The van der Waals surface area contributed by atoms with Crippen molar-refractivity contribution in [1.82, 2.24) is 15.0 Å². The molecule has 1 aromatic carbocycles. The molecule has 0 bridgehead atoms. The van der Waals surface area contributed by atoms with Crippen molar-refractivity contribution in [3.63, 3.8) is 0 Å². The molecule has 0 unspecified atom stereocenters. The highest BCUT2D eigenvalue weighted by atomic mass is 32.2. The molecule has 0 aliphatic heterocycles. The van der Waals surface area contributed by atoms with Crippen LogP contribution in [0, 0.1) is 0 Å². The third-order valence-corrected chi connectivity index (χ3v) is 3.34. The summed E-state index contributed by atoms with van der Waals surface area (Å²) in [6.07, 6.45) is 0. The van der Waals surface area contributed by atoms with Crippen molar-refractivity contribution in [2.45, 2.75) is 5.03 Å². The van der Waals surface area contributed by atoms with Crippen LogP contribution in [0.4, 0.5) is 0 Å². The third-order valence-electron chi connectivity index (χ3n) is 2.03. The molecule has 2 aromatic rings. The van der Waals surface area contributed by atoms with Crippen molar-refractivity contribution in [2.75, 3.05) is 7.05 Å². The van der Waals surface area contributed by atoms with E-state index in [-0.39, 0.29) is 10.7 Å². The molecule has 0 saturated carbocycles. The summed E-state index contributed by atoms with van der Waals surface area (Å²) < 4.78 is 29.8. The summed E-state index contributed by atoms with van der Waals surface area (Å²) in [6, 6.07) is 8.84. The Hall–Kier alpha value is -1.73. The fourth-order valence-corrected chi connectivity index (χ4v) is 1.96. The number of hydrogen-bond acceptors (Lipinski definition) is 5. The normalized spacial score (nSPS) is 11.6. The first-order chi connectivity index (χ1) is 7.65. The van der Waals surface area contributed by atoms with Crippen LogP contribution in [0.1, 0.15) is 0 Å². The van der Waals surface area contributed by atoms with Gasteiger partial charge in [-0.1, -0.05) is 30.3 Å². The molecule has 1 N–H and O–H groups in total. The fourth-order valence-electron chi connectivity index (χ4n) is 1.23. The smallest absolute Gasteiger partial charge is 0.243 e. The van der Waals surface area contributed by atoms with Gasteiger partial charge in [0, 0.05) is 5.56 Å². The predicted molar refractivity (Wildman–Crippen MR) is 56.0 cm³/mol. The summed E-state index contributed by atoms with van der Waals surface area (Å²) in [5.74, 6) is 0. The van der Waals surface area contributed by atoms with Gasteiger partial charge in [-0.15, -0.1) is 0 Å². The first-order valence-electron chi connectivity index (χ1n) is 4.46. The molecular formula is C9H9N3O3S. The number of benzene rings is 1. The Morgan fingerprint density at radius 2 is 1.88 bits per heavy atom. The van der Waals surface area contributed by atoms with Crippen molar-refractivity contribution in [1.29, 1.82) is 0 Å². The molecule has 0 fully saturated rings. The Bertz CT molecular complexity index is 577. The minimum absolute atomic E-state index is 0.204. The molecule has 0 atom stereocenters. The van der Waals surface area contributed by atoms with Gasteiger partial charge in [-0.25, -0.2) is 17.8 Å². The monoisotopic (exact) mass is 239 g/mol. The average molecular weight is 239 g/mol. The van der Waals surface area contributed by atoms with E-state index >= 15 is 0 Å². The van der Waals surface area contributed by atoms with Gasteiger partial charge < -0.3 is 0 Å². The first-order valence-corrected chi connectivity index (χ1v) is 5.95. The van der Waals surface area contributed by atoms with E-state index < -0.39 is 10.0 Å². The van der Waals surface area contributed by atoms with Crippen LogP contribution in [-0.2, 0) is 10.0 Å². The van der Waals surface area contributed by atoms with E-state index in [0.717, 1.165) is 0 Å². The van der Waals surface area contributed by atoms with Crippen molar-refractivity contribution in [3.05, 3.63) is 30.3 Å². The van der Waals surface area contributed by atoms with Crippen LogP contribution < -0.4 is 4.72 Å². The SMILES string of the molecule is CNS(=O)(=O)c1nonc1-c1ccccc1. The molecule has 84 valence electrons. The lowest BCUT2D eigenvalue weighted by Gasteiger charge is -1.99. The molecule has 0 amide bonds. The molecule has 0 aliphatic rings. The lowest BCUT2D eigenvalue weighted by Crippen LogP contribution is -2.19. The van der Waals surface area contributed by atoms with Gasteiger partial charge in [0.15, 0.2) is 5.69 Å². The quantitative estimate of drug-likeness (QED) is 0.849. The molecule has 16 heavy (non-hydrogen) atoms. The largest absolute Gasteiger partial charge is 0.263 e. The fraction of sp³-hybridized carbons (Fsp3) is 0.111. The maximum atomic E-state index is 11.6. The van der Waals surface area contributed by atoms with Gasteiger partial charge in [0.25, 0.3) is 10.0 Å². The molecule has 0 radical (unpaired) electrons. The summed E-state index contributed by atoms with van der Waals surface area (Å²) in [5, 5.41) is 6.79. The second-order valence-corrected chi connectivity index (χ2v) is 4.79. The minimum Gasteiger partial charge on any atom is -0.243 e. The number of aromatic nitrogens is 2. The molecule has 2 rings (SSSR count). The third kappa shape index (κ3) is 1.82. The van der Waals surface area contributed by atoms with Crippen LogP contribution in [0.3, 0.4) is 0 Å². The Kier molecular flexibility index (Phi) is 2.71. The van der Waals surface area contributed by atoms with E-state index in [1.165, 1.54) is 7.05 Å². The minimum atomic E-state index is -3.65. The van der Waals surface area contributed by atoms with Crippen molar-refractivity contribution >= 4 is 10.0 Å². The summed E-state index contributed by atoms with van der Waals surface area (Å²) in [5.41, 5.74) is 0.840. The van der Waals surface area contributed by atoms with Gasteiger partial charge in [0.1, 0.15) is 0 Å². The molecule has 1 aromatic heterocycles. The highest BCUT2D eigenvalue weighted by Crippen LogP contribution is 2.22. The topological polar surface area (TPSA) is 85.1 Å². The maximum absolute atomic E-state index is 11.6. The lowest BCUT2D eigenvalue weighted by atomic mass is 10.2. The van der Waals surface area contributed by atoms with Crippen LogP contribution in [0.15, 0.2) is 40.0 Å². The first kappa shape index (κ1) is 10.8. The highest BCUT2D eigenvalue weighted by molar-refractivity contribution is 7.89. The zero-order chi connectivity index (χ0) is 11.6. The standard InChI is InChI=1S/C9H9N3O3S/c1-10-16(13,14)9-8(11-15-12-9)7-5-3-2-4-6-7/h2-6,10H,1H3. The molecule has 6 nitrogen and oxygen atoms in total. The molecule has 1 heterocycles. The highest BCUT2D eigenvalue weighted by Gasteiger charge is 2.23. The van der Waals surface area contributed by atoms with Gasteiger partial charge in [-0.3, -0.25) is 0 Å². The number of sulfonamides is 1. The van der Waals surface area contributed by atoms with Gasteiger partial charge >= 0.3 is 0 Å². The van der Waals surface area contributed by atoms with E-state index in [1.54, 1.807) is 24.3 Å². The number of rotatable bonds is 3. The van der Waals surface area contributed by atoms with E-state index in [1.807, 2.05) is 6.07 Å². The van der Waals surface area contributed by atoms with Gasteiger partial charge in [-0.05, 0) is 17.4 Å². The maximum Gasteiger partial charge on any atom is 0.263 e. The summed E-state index contributed by atoms with van der Waals surface area (Å²) >= 11 is 0. The Labute approximate surface area is 92.3 Å². The van der Waals surface area contributed by atoms with Gasteiger partial charge in [0.2, 0.25) is 5.03 Å². The second-order valence-electron chi connectivity index (χ2n) is 2.99. The number of hydrogen-bond donors (Lipinski definition) is 1. The van der Waals surface area contributed by atoms with Crippen LogP contribution in [-0.4, -0.2) is 25.8 Å². The average Bonchev–Trinajstić information content (AvgIpc) is 2.80. The van der Waals surface area contributed by atoms with Gasteiger partial charge in [0.05, 0.1) is 0 Å². The van der Waals surface area contributed by atoms with Gasteiger partial charge in [-0.2, -0.15) is 0 Å². The van der Waals surface area contributed by atoms with Crippen LogP contribution in [0.5, 0.6) is 0 Å². The second kappa shape index (κ2) is 4.03. The zero-order valence-corrected chi connectivity index (χ0v) is 9.23. The molecular weight excluding hydrogens is 230 g/mol. The van der Waals surface area contributed by atoms with Crippen LogP contribution in [0.25, 0.3) is 11.3 Å². The number of nitrogens with zero attached hydrogens (tertiary/aromatic N) is 2. The predicted octanol–water partition coefficient (Wildman–Crippen LogP) is 0.645. The van der Waals surface area contributed by atoms with Crippen LogP contribution >= 0.6 is 0 Å². The van der Waals surface area contributed by atoms with Crippen molar-refractivity contribution in [2.24, 2.45) is 0 Å². The number of nitrogens with one attached hydrogen (secondary N) is 1. The molecule has 0 aliphatic carbocycles. The van der Waals surface area contributed by atoms with Crippen LogP contribution in [0.2, 0.25) is 0 Å². The Balaban J connectivity index is 2.58. The lowest BCUT2D eigenvalue weighted by molar-refractivity contribution is 0.298.